The van der Waals surface area contributed by atoms with E-state index in [1.54, 1.807) is 0 Å². The van der Waals surface area contributed by atoms with Gasteiger partial charge in [-0.25, -0.2) is 0 Å². The Balaban J connectivity index is 1.51. The van der Waals surface area contributed by atoms with Crippen molar-refractivity contribution in [3.63, 3.8) is 0 Å². The molecule has 2 amide bonds. The second kappa shape index (κ2) is 10.6. The van der Waals surface area contributed by atoms with Crippen LogP contribution in [-0.2, 0) is 9.59 Å². The molecule has 0 bridgehead atoms. The van der Waals surface area contributed by atoms with Gasteiger partial charge in [-0.3, -0.25) is 9.59 Å². The van der Waals surface area contributed by atoms with Gasteiger partial charge in [0.15, 0.2) is 12.6 Å². The maximum atomic E-state index is 13.1. The molecule has 1 heterocycles. The van der Waals surface area contributed by atoms with E-state index in [0.29, 0.717) is 13.1 Å². The molecule has 1 atom stereocenters. The maximum Gasteiger partial charge on any atom is 0.284 e. The van der Waals surface area contributed by atoms with Gasteiger partial charge in [-0.1, -0.05) is 36.4 Å². The minimum atomic E-state index is -0.0925. The summed E-state index contributed by atoms with van der Waals surface area (Å²) < 4.78 is 0. The van der Waals surface area contributed by atoms with Crippen LogP contribution in [0.15, 0.2) is 48.5 Å². The van der Waals surface area contributed by atoms with E-state index < -0.39 is 0 Å². The van der Waals surface area contributed by atoms with Crippen molar-refractivity contribution in [1.82, 2.24) is 0 Å². The number of nitrogens with zero attached hydrogens (tertiary/aromatic N) is 1. The molecule has 0 unspecified atom stereocenters. The van der Waals surface area contributed by atoms with E-state index in [9.17, 15) is 9.59 Å². The van der Waals surface area contributed by atoms with Gasteiger partial charge in [-0.05, 0) is 51.0 Å². The Labute approximate surface area is 185 Å². The molecule has 3 N–H and O–H groups in total. The SMILES string of the molecule is CCN(C(=O)[C@H](C)[NH+]1CC[NH+](CC(=O)Nc2c(C)cccc2C)CC1)c1ccccc1. The van der Waals surface area contributed by atoms with Crippen LogP contribution in [0.1, 0.15) is 25.0 Å². The Morgan fingerprint density at radius 2 is 1.58 bits per heavy atom. The molecule has 0 aliphatic carbocycles. The van der Waals surface area contributed by atoms with E-state index in [1.165, 1.54) is 9.80 Å². The molecule has 0 radical (unpaired) electrons. The summed E-state index contributed by atoms with van der Waals surface area (Å²) in [5, 5.41) is 3.09. The fraction of sp³-hybridized carbons (Fsp3) is 0.440. The number of hydrogen-bond acceptors (Lipinski definition) is 2. The van der Waals surface area contributed by atoms with Gasteiger partial charge >= 0.3 is 0 Å². The molecule has 0 saturated carbocycles. The van der Waals surface area contributed by atoms with E-state index in [-0.39, 0.29) is 17.9 Å². The Bertz CT molecular complexity index is 871. The van der Waals surface area contributed by atoms with Crippen LogP contribution >= 0.6 is 0 Å². The highest BCUT2D eigenvalue weighted by Crippen LogP contribution is 2.19. The van der Waals surface area contributed by atoms with Crippen LogP contribution in [0.25, 0.3) is 0 Å². The third-order valence-corrected chi connectivity index (χ3v) is 6.39. The number of carbonyl (C=O) groups is 2. The Morgan fingerprint density at radius 1 is 0.968 bits per heavy atom. The first kappa shape index (κ1) is 23.0. The second-order valence-corrected chi connectivity index (χ2v) is 8.54. The number of nitrogens with one attached hydrogen (secondary N) is 3. The van der Waals surface area contributed by atoms with Gasteiger partial charge in [0.2, 0.25) is 0 Å². The zero-order valence-electron chi connectivity index (χ0n) is 19.2. The van der Waals surface area contributed by atoms with Crippen molar-refractivity contribution in [3.05, 3.63) is 59.7 Å². The maximum absolute atomic E-state index is 13.1. The number of anilines is 2. The molecule has 1 aliphatic heterocycles. The molecule has 3 rings (SSSR count). The second-order valence-electron chi connectivity index (χ2n) is 8.54. The highest BCUT2D eigenvalue weighted by molar-refractivity contribution is 5.96. The lowest BCUT2D eigenvalue weighted by Gasteiger charge is -2.34. The molecule has 1 fully saturated rings. The number of carbonyl (C=O) groups excluding carboxylic acids is 2. The van der Waals surface area contributed by atoms with Gasteiger partial charge < -0.3 is 20.0 Å². The Kier molecular flexibility index (Phi) is 7.82. The summed E-state index contributed by atoms with van der Waals surface area (Å²) in [5.74, 6) is 0.223. The summed E-state index contributed by atoms with van der Waals surface area (Å²) in [6.07, 6.45) is 0. The Morgan fingerprint density at radius 3 is 2.16 bits per heavy atom. The van der Waals surface area contributed by atoms with Gasteiger partial charge in [0.1, 0.15) is 26.2 Å². The minimum Gasteiger partial charge on any atom is -0.321 e. The highest BCUT2D eigenvalue weighted by Gasteiger charge is 2.34. The van der Waals surface area contributed by atoms with Crippen molar-refractivity contribution < 1.29 is 19.4 Å². The van der Waals surface area contributed by atoms with Gasteiger partial charge in [-0.15, -0.1) is 0 Å². The van der Waals surface area contributed by atoms with Crippen molar-refractivity contribution in [2.24, 2.45) is 0 Å². The highest BCUT2D eigenvalue weighted by atomic mass is 16.2. The molecular weight excluding hydrogens is 388 g/mol. The topological polar surface area (TPSA) is 58.3 Å². The third kappa shape index (κ3) is 5.71. The summed E-state index contributed by atoms with van der Waals surface area (Å²) in [5.41, 5.74) is 4.05. The number of aryl methyl sites for hydroxylation is 2. The van der Waals surface area contributed by atoms with E-state index in [0.717, 1.165) is 48.7 Å². The first-order valence-electron chi connectivity index (χ1n) is 11.3. The van der Waals surface area contributed by atoms with E-state index >= 15 is 0 Å². The molecule has 2 aromatic rings. The van der Waals surface area contributed by atoms with Gasteiger partial charge in [0.05, 0.1) is 0 Å². The summed E-state index contributed by atoms with van der Waals surface area (Å²) in [4.78, 5) is 30.2. The summed E-state index contributed by atoms with van der Waals surface area (Å²) in [6, 6.07) is 15.8. The first-order chi connectivity index (χ1) is 14.9. The standard InChI is InChI=1S/C25H34N4O2/c1-5-29(22-12-7-6-8-13-22)25(31)21(4)28-16-14-27(15-17-28)18-23(30)26-24-19(2)10-9-11-20(24)3/h6-13,21H,5,14-18H2,1-4H3,(H,26,30)/p+2/t21-/m0/s1. The average Bonchev–Trinajstić information content (AvgIpc) is 2.77. The monoisotopic (exact) mass is 424 g/mol. The Hall–Kier alpha value is -2.70. The number of piperazine rings is 1. The van der Waals surface area contributed by atoms with E-state index in [1.807, 2.05) is 81.1 Å². The average molecular weight is 425 g/mol. The number of para-hydroxylation sites is 2. The molecule has 0 spiro atoms. The van der Waals surface area contributed by atoms with E-state index in [4.69, 9.17) is 0 Å². The van der Waals surface area contributed by atoms with Gasteiger partial charge in [0.25, 0.3) is 11.8 Å². The summed E-state index contributed by atoms with van der Waals surface area (Å²) in [7, 11) is 0. The lowest BCUT2D eigenvalue weighted by molar-refractivity contribution is -1.01. The number of benzene rings is 2. The molecule has 1 saturated heterocycles. The van der Waals surface area contributed by atoms with Crippen LogP contribution in [0, 0.1) is 13.8 Å². The molecule has 1 aliphatic rings. The van der Waals surface area contributed by atoms with Crippen LogP contribution in [-0.4, -0.2) is 57.1 Å². The molecule has 31 heavy (non-hydrogen) atoms. The van der Waals surface area contributed by atoms with Crippen molar-refractivity contribution in [1.29, 1.82) is 0 Å². The summed E-state index contributed by atoms with van der Waals surface area (Å²) in [6.45, 7) is 12.8. The van der Waals surface area contributed by atoms with Gasteiger partial charge in [-0.2, -0.15) is 0 Å². The van der Waals surface area contributed by atoms with Crippen LogP contribution in [0.5, 0.6) is 0 Å². The normalized spacial score (nSPS) is 19.5. The first-order valence-corrected chi connectivity index (χ1v) is 11.3. The molecule has 6 nitrogen and oxygen atoms in total. The predicted octanol–water partition coefficient (Wildman–Crippen LogP) is 0.467. The minimum absolute atomic E-state index is 0.0567. The van der Waals surface area contributed by atoms with Gasteiger partial charge in [0, 0.05) is 17.9 Å². The number of hydrogen-bond donors (Lipinski definition) is 3. The molecule has 6 heteroatoms. The molecule has 2 aromatic carbocycles. The molecular formula is C25H36N4O2+2. The lowest BCUT2D eigenvalue weighted by atomic mass is 10.1. The number of quaternary nitrogens is 2. The molecule has 0 aromatic heterocycles. The van der Waals surface area contributed by atoms with Crippen molar-refractivity contribution in [2.45, 2.75) is 33.7 Å². The van der Waals surface area contributed by atoms with Crippen molar-refractivity contribution in [2.75, 3.05) is 49.5 Å². The zero-order chi connectivity index (χ0) is 22.4. The quantitative estimate of drug-likeness (QED) is 0.605. The number of rotatable bonds is 7. The fourth-order valence-corrected chi connectivity index (χ4v) is 4.44. The van der Waals surface area contributed by atoms with Crippen LogP contribution in [0.2, 0.25) is 0 Å². The van der Waals surface area contributed by atoms with Crippen LogP contribution in [0.3, 0.4) is 0 Å². The van der Waals surface area contributed by atoms with Crippen molar-refractivity contribution >= 4 is 23.2 Å². The third-order valence-electron chi connectivity index (χ3n) is 6.39. The summed E-state index contributed by atoms with van der Waals surface area (Å²) >= 11 is 0. The predicted molar refractivity (Wildman–Crippen MR) is 125 cm³/mol. The number of amides is 2. The zero-order valence-corrected chi connectivity index (χ0v) is 19.2. The van der Waals surface area contributed by atoms with Crippen molar-refractivity contribution in [3.8, 4) is 0 Å². The lowest BCUT2D eigenvalue weighted by Crippen LogP contribution is -3.30. The molecule has 166 valence electrons. The van der Waals surface area contributed by atoms with E-state index in [2.05, 4.69) is 5.32 Å². The van der Waals surface area contributed by atoms with Crippen LogP contribution < -0.4 is 20.0 Å². The number of likely N-dealkylation sites (N-methyl/N-ethyl adjacent to an activating group) is 1. The fourth-order valence-electron chi connectivity index (χ4n) is 4.44. The smallest absolute Gasteiger partial charge is 0.284 e. The largest absolute Gasteiger partial charge is 0.321 e. The van der Waals surface area contributed by atoms with Crippen LogP contribution in [0.4, 0.5) is 11.4 Å².